The van der Waals surface area contributed by atoms with E-state index in [2.05, 4.69) is 55.6 Å². The highest BCUT2D eigenvalue weighted by Gasteiger charge is 2.14. The fraction of sp³-hybridized carbons (Fsp3) is 0.294. The number of hydrogen-bond acceptors (Lipinski definition) is 1. The molecule has 2 aromatic rings. The molecule has 0 aliphatic heterocycles. The summed E-state index contributed by atoms with van der Waals surface area (Å²) in [7, 11) is 0. The lowest BCUT2D eigenvalue weighted by molar-refractivity contribution is 0.550. The molecule has 0 aromatic heterocycles. The largest absolute Gasteiger partial charge is 0.310 e. The van der Waals surface area contributed by atoms with Crippen LogP contribution < -0.4 is 5.32 Å². The Morgan fingerprint density at radius 1 is 1.11 bits per heavy atom. The number of rotatable bonds is 5. The van der Waals surface area contributed by atoms with Gasteiger partial charge in [-0.05, 0) is 42.6 Å². The number of hydrogen-bond donors (Lipinski definition) is 1. The van der Waals surface area contributed by atoms with Gasteiger partial charge in [0, 0.05) is 11.1 Å². The summed E-state index contributed by atoms with van der Waals surface area (Å²) in [6.07, 6.45) is 0.956. The lowest BCUT2D eigenvalue weighted by atomic mass is 9.98. The van der Waals surface area contributed by atoms with Gasteiger partial charge in [-0.15, -0.1) is 0 Å². The maximum absolute atomic E-state index is 6.39. The first-order valence-corrected chi connectivity index (χ1v) is 7.12. The lowest BCUT2D eigenvalue weighted by Gasteiger charge is -2.20. The minimum atomic E-state index is 0.264. The van der Waals surface area contributed by atoms with Crippen LogP contribution in [0.15, 0.2) is 48.5 Å². The lowest BCUT2D eigenvalue weighted by Crippen LogP contribution is -2.23. The maximum Gasteiger partial charge on any atom is 0.0456 e. The Morgan fingerprint density at radius 2 is 1.84 bits per heavy atom. The van der Waals surface area contributed by atoms with E-state index in [1.807, 2.05) is 12.1 Å². The first kappa shape index (κ1) is 14.1. The molecule has 0 spiro atoms. The highest BCUT2D eigenvalue weighted by atomic mass is 35.5. The summed E-state index contributed by atoms with van der Waals surface area (Å²) in [6.45, 7) is 5.12. The molecule has 0 saturated heterocycles. The van der Waals surface area contributed by atoms with Gasteiger partial charge in [-0.1, -0.05) is 61.0 Å². The zero-order valence-electron chi connectivity index (χ0n) is 11.5. The normalized spacial score (nSPS) is 12.4. The molecule has 0 fully saturated rings. The SMILES string of the molecule is CCNC(Cc1ccccc1)c1ccc(C)cc1Cl. The minimum absolute atomic E-state index is 0.264. The van der Waals surface area contributed by atoms with Crippen LogP contribution in [0.4, 0.5) is 0 Å². The zero-order valence-corrected chi connectivity index (χ0v) is 12.2. The van der Waals surface area contributed by atoms with Gasteiger partial charge in [-0.2, -0.15) is 0 Å². The van der Waals surface area contributed by atoms with Crippen LogP contribution in [-0.4, -0.2) is 6.54 Å². The Labute approximate surface area is 120 Å². The second kappa shape index (κ2) is 6.74. The van der Waals surface area contributed by atoms with Crippen LogP contribution in [0, 0.1) is 6.92 Å². The van der Waals surface area contributed by atoms with Crippen LogP contribution >= 0.6 is 11.6 Å². The van der Waals surface area contributed by atoms with E-state index in [1.165, 1.54) is 16.7 Å². The molecule has 19 heavy (non-hydrogen) atoms. The summed E-state index contributed by atoms with van der Waals surface area (Å²) >= 11 is 6.39. The van der Waals surface area contributed by atoms with Crippen LogP contribution in [0.5, 0.6) is 0 Å². The van der Waals surface area contributed by atoms with E-state index >= 15 is 0 Å². The molecule has 1 atom stereocenters. The van der Waals surface area contributed by atoms with Crippen LogP contribution in [0.1, 0.15) is 29.7 Å². The average Bonchev–Trinajstić information content (AvgIpc) is 2.39. The molecule has 2 heteroatoms. The Hall–Kier alpha value is -1.31. The Kier molecular flexibility index (Phi) is 5.00. The first-order valence-electron chi connectivity index (χ1n) is 6.74. The summed E-state index contributed by atoms with van der Waals surface area (Å²) in [6, 6.07) is 17.1. The van der Waals surface area contributed by atoms with Crippen molar-refractivity contribution in [3.8, 4) is 0 Å². The molecule has 2 rings (SSSR count). The molecule has 0 radical (unpaired) electrons. The van der Waals surface area contributed by atoms with Crippen LogP contribution in [0.2, 0.25) is 5.02 Å². The Balaban J connectivity index is 2.24. The van der Waals surface area contributed by atoms with Gasteiger partial charge in [0.25, 0.3) is 0 Å². The van der Waals surface area contributed by atoms with E-state index in [1.54, 1.807) is 0 Å². The van der Waals surface area contributed by atoms with Gasteiger partial charge in [0.2, 0.25) is 0 Å². The minimum Gasteiger partial charge on any atom is -0.310 e. The molecule has 0 aliphatic rings. The summed E-state index contributed by atoms with van der Waals surface area (Å²) < 4.78 is 0. The van der Waals surface area contributed by atoms with Crippen molar-refractivity contribution in [2.45, 2.75) is 26.3 Å². The van der Waals surface area contributed by atoms with Crippen LogP contribution in [0.3, 0.4) is 0 Å². The van der Waals surface area contributed by atoms with Crippen molar-refractivity contribution in [2.75, 3.05) is 6.54 Å². The Morgan fingerprint density at radius 3 is 2.47 bits per heavy atom. The van der Waals surface area contributed by atoms with Crippen LogP contribution in [0.25, 0.3) is 0 Å². The molecule has 0 bridgehead atoms. The molecule has 100 valence electrons. The third kappa shape index (κ3) is 3.82. The van der Waals surface area contributed by atoms with Gasteiger partial charge in [0.05, 0.1) is 0 Å². The van der Waals surface area contributed by atoms with Gasteiger partial charge in [-0.3, -0.25) is 0 Å². The standard InChI is InChI=1S/C17H20ClN/c1-3-19-17(12-14-7-5-4-6-8-14)15-10-9-13(2)11-16(15)18/h4-11,17,19H,3,12H2,1-2H3. The van der Waals surface area contributed by atoms with Crippen molar-refractivity contribution in [2.24, 2.45) is 0 Å². The number of likely N-dealkylation sites (N-methyl/N-ethyl adjacent to an activating group) is 1. The molecule has 0 aliphatic carbocycles. The predicted octanol–water partition coefficient (Wildman–Crippen LogP) is 4.54. The molecule has 2 aromatic carbocycles. The van der Waals surface area contributed by atoms with Crippen molar-refractivity contribution in [3.05, 3.63) is 70.2 Å². The molecule has 0 saturated carbocycles. The maximum atomic E-state index is 6.39. The molecule has 1 N–H and O–H groups in total. The van der Waals surface area contributed by atoms with Gasteiger partial charge < -0.3 is 5.32 Å². The second-order valence-electron chi connectivity index (χ2n) is 4.82. The fourth-order valence-electron chi connectivity index (χ4n) is 2.30. The van der Waals surface area contributed by atoms with Gasteiger partial charge >= 0.3 is 0 Å². The molecule has 1 unspecified atom stereocenters. The van der Waals surface area contributed by atoms with E-state index in [0.717, 1.165) is 18.0 Å². The van der Waals surface area contributed by atoms with Crippen molar-refractivity contribution in [3.63, 3.8) is 0 Å². The number of halogens is 1. The summed E-state index contributed by atoms with van der Waals surface area (Å²) in [5.74, 6) is 0. The highest BCUT2D eigenvalue weighted by Crippen LogP contribution is 2.26. The van der Waals surface area contributed by atoms with E-state index in [-0.39, 0.29) is 6.04 Å². The molecular formula is C17H20ClN. The summed E-state index contributed by atoms with van der Waals surface area (Å²) in [4.78, 5) is 0. The van der Waals surface area contributed by atoms with Gasteiger partial charge in [0.15, 0.2) is 0 Å². The van der Waals surface area contributed by atoms with Gasteiger partial charge in [0.1, 0.15) is 0 Å². The quantitative estimate of drug-likeness (QED) is 0.843. The van der Waals surface area contributed by atoms with E-state index in [0.29, 0.717) is 0 Å². The third-order valence-electron chi connectivity index (χ3n) is 3.26. The average molecular weight is 274 g/mol. The van der Waals surface area contributed by atoms with E-state index < -0.39 is 0 Å². The van der Waals surface area contributed by atoms with Crippen molar-refractivity contribution in [1.82, 2.24) is 5.32 Å². The van der Waals surface area contributed by atoms with E-state index in [4.69, 9.17) is 11.6 Å². The fourth-order valence-corrected chi connectivity index (χ4v) is 2.67. The summed E-state index contributed by atoms with van der Waals surface area (Å²) in [5.41, 5.74) is 3.70. The first-order chi connectivity index (χ1) is 9.20. The zero-order chi connectivity index (χ0) is 13.7. The number of benzene rings is 2. The number of nitrogens with one attached hydrogen (secondary N) is 1. The molecular weight excluding hydrogens is 254 g/mol. The number of aryl methyl sites for hydroxylation is 1. The van der Waals surface area contributed by atoms with Gasteiger partial charge in [-0.25, -0.2) is 0 Å². The molecule has 0 heterocycles. The monoisotopic (exact) mass is 273 g/mol. The predicted molar refractivity (Wildman–Crippen MR) is 82.8 cm³/mol. The Bertz CT molecular complexity index is 522. The third-order valence-corrected chi connectivity index (χ3v) is 3.59. The van der Waals surface area contributed by atoms with Crippen molar-refractivity contribution in [1.29, 1.82) is 0 Å². The molecule has 0 amide bonds. The van der Waals surface area contributed by atoms with Crippen LogP contribution in [-0.2, 0) is 6.42 Å². The summed E-state index contributed by atoms with van der Waals surface area (Å²) in [5, 5.41) is 4.37. The molecule has 1 nitrogen and oxygen atoms in total. The van der Waals surface area contributed by atoms with E-state index in [9.17, 15) is 0 Å². The van der Waals surface area contributed by atoms with Crippen molar-refractivity contribution >= 4 is 11.6 Å². The smallest absolute Gasteiger partial charge is 0.0456 e. The highest BCUT2D eigenvalue weighted by molar-refractivity contribution is 6.31. The topological polar surface area (TPSA) is 12.0 Å². The van der Waals surface area contributed by atoms with Crippen molar-refractivity contribution < 1.29 is 0 Å². The second-order valence-corrected chi connectivity index (χ2v) is 5.23.